The van der Waals surface area contributed by atoms with E-state index >= 15 is 0 Å². The predicted octanol–water partition coefficient (Wildman–Crippen LogP) is 3.28. The van der Waals surface area contributed by atoms with Crippen molar-refractivity contribution in [2.45, 2.75) is 32.0 Å². The lowest BCUT2D eigenvalue weighted by molar-refractivity contribution is -0.114. The van der Waals surface area contributed by atoms with Crippen molar-refractivity contribution in [3.8, 4) is 0 Å². The molecule has 3 rings (SSSR count). The first-order chi connectivity index (χ1) is 12.5. The molecule has 0 aliphatic heterocycles. The van der Waals surface area contributed by atoms with Gasteiger partial charge < -0.3 is 10.3 Å². The van der Waals surface area contributed by atoms with Crippen molar-refractivity contribution in [1.29, 1.82) is 0 Å². The third kappa shape index (κ3) is 4.08. The van der Waals surface area contributed by atoms with E-state index < -0.39 is 0 Å². The summed E-state index contributed by atoms with van der Waals surface area (Å²) in [5, 5.41) is 3.83. The number of hydrogen-bond acceptors (Lipinski definition) is 5. The third-order valence-corrected chi connectivity index (χ3v) is 4.89. The van der Waals surface area contributed by atoms with E-state index in [1.165, 1.54) is 23.3 Å². The average molecular weight is 392 g/mol. The van der Waals surface area contributed by atoms with Crippen molar-refractivity contribution in [3.05, 3.63) is 45.3 Å². The monoisotopic (exact) mass is 391 g/mol. The maximum absolute atomic E-state index is 12.5. The van der Waals surface area contributed by atoms with E-state index in [1.54, 1.807) is 12.1 Å². The van der Waals surface area contributed by atoms with Gasteiger partial charge in [0, 0.05) is 17.7 Å². The molecule has 0 aliphatic rings. The average Bonchev–Trinajstić information content (AvgIpc) is 2.91. The van der Waals surface area contributed by atoms with Gasteiger partial charge in [-0.25, -0.2) is 14.8 Å². The van der Waals surface area contributed by atoms with E-state index in [0.717, 1.165) is 17.7 Å². The number of anilines is 1. The van der Waals surface area contributed by atoms with Crippen LogP contribution in [0, 0.1) is 0 Å². The number of aromatic nitrogens is 4. The molecule has 9 heteroatoms. The largest absolute Gasteiger partial charge is 0.328 e. The molecule has 7 nitrogen and oxygen atoms in total. The number of aromatic amines is 1. The highest BCUT2D eigenvalue weighted by Crippen LogP contribution is 2.23. The van der Waals surface area contributed by atoms with Crippen LogP contribution in [0.25, 0.3) is 11.2 Å². The van der Waals surface area contributed by atoms with E-state index in [4.69, 9.17) is 11.6 Å². The molecule has 0 bridgehead atoms. The molecular weight excluding hydrogens is 374 g/mol. The first-order valence-electron chi connectivity index (χ1n) is 8.13. The number of rotatable bonds is 6. The molecule has 0 saturated heterocycles. The number of nitrogens with one attached hydrogen (secondary N) is 2. The summed E-state index contributed by atoms with van der Waals surface area (Å²) < 4.78 is 1.53. The van der Waals surface area contributed by atoms with Gasteiger partial charge in [-0.05, 0) is 24.1 Å². The molecule has 0 fully saturated rings. The standard InChI is InChI=1S/C17H18ClN5O2S/c1-3-8-26-16-21-14(19-10(2)24)13-15(22-16)23(17(25)20-13)9-11-4-6-12(18)7-5-11/h4-7H,3,8-9H2,1-2H3,(H,20,25)(H,19,21,22,24). The highest BCUT2D eigenvalue weighted by Gasteiger charge is 2.16. The number of thioether (sulfide) groups is 1. The Hall–Kier alpha value is -2.32. The summed E-state index contributed by atoms with van der Waals surface area (Å²) in [6.45, 7) is 3.80. The third-order valence-electron chi connectivity index (χ3n) is 3.59. The van der Waals surface area contributed by atoms with Crippen LogP contribution in [0.15, 0.2) is 34.2 Å². The van der Waals surface area contributed by atoms with E-state index in [9.17, 15) is 9.59 Å². The number of hydrogen-bond donors (Lipinski definition) is 2. The van der Waals surface area contributed by atoms with Crippen molar-refractivity contribution in [3.63, 3.8) is 0 Å². The van der Waals surface area contributed by atoms with Crippen molar-refractivity contribution in [2.24, 2.45) is 0 Å². The Morgan fingerprint density at radius 2 is 2.04 bits per heavy atom. The first-order valence-corrected chi connectivity index (χ1v) is 9.49. The fourth-order valence-corrected chi connectivity index (χ4v) is 3.26. The minimum Gasteiger partial charge on any atom is -0.309 e. The van der Waals surface area contributed by atoms with Crippen LogP contribution in [0.1, 0.15) is 25.8 Å². The number of benzene rings is 1. The summed E-state index contributed by atoms with van der Waals surface area (Å²) in [5.41, 5.74) is 1.48. The molecule has 0 spiro atoms. The molecule has 0 radical (unpaired) electrons. The summed E-state index contributed by atoms with van der Waals surface area (Å²) in [7, 11) is 0. The molecule has 1 aromatic carbocycles. The molecule has 0 saturated carbocycles. The number of carbonyl (C=O) groups is 1. The fourth-order valence-electron chi connectivity index (χ4n) is 2.44. The quantitative estimate of drug-likeness (QED) is 0.497. The fraction of sp³-hybridized carbons (Fsp3) is 0.294. The van der Waals surface area contributed by atoms with Gasteiger partial charge in [-0.3, -0.25) is 9.36 Å². The number of fused-ring (bicyclic) bond motifs is 1. The topological polar surface area (TPSA) is 92.7 Å². The lowest BCUT2D eigenvalue weighted by Crippen LogP contribution is -2.17. The second kappa shape index (κ2) is 7.92. The van der Waals surface area contributed by atoms with E-state index in [0.29, 0.717) is 33.7 Å². The number of carbonyl (C=O) groups excluding carboxylic acids is 1. The molecule has 0 unspecified atom stereocenters. The SMILES string of the molecule is CCCSc1nc(NC(C)=O)c2[nH]c(=O)n(Cc3ccc(Cl)cc3)c2n1. The smallest absolute Gasteiger partial charge is 0.309 e. The molecule has 2 heterocycles. The van der Waals surface area contributed by atoms with Crippen molar-refractivity contribution in [2.75, 3.05) is 11.1 Å². The van der Waals surface area contributed by atoms with Gasteiger partial charge in [0.2, 0.25) is 5.91 Å². The van der Waals surface area contributed by atoms with Crippen molar-refractivity contribution in [1.82, 2.24) is 19.5 Å². The van der Waals surface area contributed by atoms with Gasteiger partial charge in [-0.1, -0.05) is 42.4 Å². The number of nitrogens with zero attached hydrogens (tertiary/aromatic N) is 3. The van der Waals surface area contributed by atoms with Crippen LogP contribution in [0.5, 0.6) is 0 Å². The van der Waals surface area contributed by atoms with Gasteiger partial charge >= 0.3 is 5.69 Å². The molecule has 1 amide bonds. The van der Waals surface area contributed by atoms with E-state index in [1.807, 2.05) is 12.1 Å². The van der Waals surface area contributed by atoms with Gasteiger partial charge in [0.25, 0.3) is 0 Å². The highest BCUT2D eigenvalue weighted by molar-refractivity contribution is 7.99. The number of halogens is 1. The van der Waals surface area contributed by atoms with E-state index in [2.05, 4.69) is 27.2 Å². The summed E-state index contributed by atoms with van der Waals surface area (Å²) in [6, 6.07) is 7.26. The van der Waals surface area contributed by atoms with Gasteiger partial charge in [-0.15, -0.1) is 0 Å². The number of H-pyrrole nitrogens is 1. The van der Waals surface area contributed by atoms with Crippen LogP contribution in [-0.2, 0) is 11.3 Å². The van der Waals surface area contributed by atoms with Crippen molar-refractivity contribution >= 4 is 46.3 Å². The molecule has 0 atom stereocenters. The molecule has 3 aromatic rings. The normalized spacial score (nSPS) is 11.0. The summed E-state index contributed by atoms with van der Waals surface area (Å²) in [6.07, 6.45) is 0.965. The predicted molar refractivity (Wildman–Crippen MR) is 104 cm³/mol. The Kier molecular flexibility index (Phi) is 5.63. The Morgan fingerprint density at radius 3 is 2.69 bits per heavy atom. The zero-order valence-electron chi connectivity index (χ0n) is 14.4. The zero-order chi connectivity index (χ0) is 18.7. The van der Waals surface area contributed by atoms with Crippen LogP contribution < -0.4 is 11.0 Å². The molecule has 2 aromatic heterocycles. The summed E-state index contributed by atoms with van der Waals surface area (Å²) in [4.78, 5) is 35.6. The second-order valence-electron chi connectivity index (χ2n) is 5.73. The van der Waals surface area contributed by atoms with Gasteiger partial charge in [-0.2, -0.15) is 0 Å². The minimum absolute atomic E-state index is 0.261. The maximum atomic E-state index is 12.5. The number of imidazole rings is 1. The second-order valence-corrected chi connectivity index (χ2v) is 7.22. The first kappa shape index (κ1) is 18.5. The molecule has 2 N–H and O–H groups in total. The van der Waals surface area contributed by atoms with Crippen LogP contribution >= 0.6 is 23.4 Å². The van der Waals surface area contributed by atoms with Gasteiger partial charge in [0.1, 0.15) is 5.52 Å². The minimum atomic E-state index is -0.312. The lowest BCUT2D eigenvalue weighted by Gasteiger charge is -2.07. The van der Waals surface area contributed by atoms with Gasteiger partial charge in [0.15, 0.2) is 16.6 Å². The van der Waals surface area contributed by atoms with Crippen molar-refractivity contribution < 1.29 is 4.79 Å². The lowest BCUT2D eigenvalue weighted by atomic mass is 10.2. The Morgan fingerprint density at radius 1 is 1.31 bits per heavy atom. The molecular formula is C17H18ClN5O2S. The Balaban J connectivity index is 2.10. The summed E-state index contributed by atoms with van der Waals surface area (Å²) in [5.74, 6) is 0.896. The highest BCUT2D eigenvalue weighted by atomic mass is 35.5. The molecule has 26 heavy (non-hydrogen) atoms. The number of amides is 1. The Labute approximate surface area is 159 Å². The van der Waals surface area contributed by atoms with Crippen LogP contribution in [0.3, 0.4) is 0 Å². The maximum Gasteiger partial charge on any atom is 0.328 e. The van der Waals surface area contributed by atoms with Crippen LogP contribution in [-0.4, -0.2) is 31.2 Å². The molecule has 0 aliphatic carbocycles. The molecule has 136 valence electrons. The van der Waals surface area contributed by atoms with Crippen LogP contribution in [0.2, 0.25) is 5.02 Å². The van der Waals surface area contributed by atoms with Crippen LogP contribution in [0.4, 0.5) is 5.82 Å². The zero-order valence-corrected chi connectivity index (χ0v) is 15.9. The summed E-state index contributed by atoms with van der Waals surface area (Å²) >= 11 is 7.40. The Bertz CT molecular complexity index is 997. The van der Waals surface area contributed by atoms with Gasteiger partial charge in [0.05, 0.1) is 6.54 Å². The van der Waals surface area contributed by atoms with E-state index in [-0.39, 0.29) is 11.6 Å².